The zero-order chi connectivity index (χ0) is 4.28. The van der Waals surface area contributed by atoms with Crippen LogP contribution in [0.2, 0.25) is 0 Å². The maximum atomic E-state index is 2.22. The van der Waals surface area contributed by atoms with Crippen LogP contribution in [0.15, 0.2) is 0 Å². The molecule has 0 amide bonds. The van der Waals surface area contributed by atoms with Crippen molar-refractivity contribution in [2.24, 2.45) is 5.92 Å². The predicted octanol–water partition coefficient (Wildman–Crippen LogP) is 0.868. The van der Waals surface area contributed by atoms with Gasteiger partial charge in [0.15, 0.2) is 0 Å². The molecule has 0 bridgehead atoms. The predicted molar refractivity (Wildman–Crippen MR) is 35.1 cm³/mol. The second-order valence-electron chi connectivity index (χ2n) is 1.80. The Morgan fingerprint density at radius 1 is 1.33 bits per heavy atom. The van der Waals surface area contributed by atoms with E-state index in [1.54, 1.807) is 0 Å². The molecule has 0 saturated heterocycles. The van der Waals surface area contributed by atoms with Crippen LogP contribution in [0.3, 0.4) is 0 Å². The zero-order valence-corrected chi connectivity index (χ0v) is 4.28. The molecule has 0 aromatic rings. The van der Waals surface area contributed by atoms with Gasteiger partial charge in [-0.2, -0.15) is 0 Å². The fraction of sp³-hybridized carbons (Fsp3) is 1.00. The molecule has 6 heavy (non-hydrogen) atoms. The van der Waals surface area contributed by atoms with Gasteiger partial charge >= 0.3 is 19.8 Å². The second kappa shape index (κ2) is 5.64. The molecule has 38 valence electrons. The Bertz CT molecular complexity index is 17.9. The average Bonchev–Trinajstić information content (AvgIpc) is 1.38. The SMILES string of the molecule is CCC(C)C.[GaH3]. The van der Waals surface area contributed by atoms with Crippen molar-refractivity contribution < 1.29 is 0 Å². The Hall–Kier alpha value is 0.636. The molecule has 0 N–H and O–H groups in total. The van der Waals surface area contributed by atoms with E-state index in [1.165, 1.54) is 6.42 Å². The van der Waals surface area contributed by atoms with Crippen LogP contribution < -0.4 is 0 Å². The minimum atomic E-state index is 0. The summed E-state index contributed by atoms with van der Waals surface area (Å²) >= 11 is 0. The quantitative estimate of drug-likeness (QED) is 0.480. The molecule has 0 nitrogen and oxygen atoms in total. The molecule has 0 aliphatic rings. The number of hydrogen-bond acceptors (Lipinski definition) is 0. The van der Waals surface area contributed by atoms with Gasteiger partial charge < -0.3 is 0 Å². The van der Waals surface area contributed by atoms with Crippen molar-refractivity contribution in [1.82, 2.24) is 0 Å². The van der Waals surface area contributed by atoms with Crippen molar-refractivity contribution in [2.75, 3.05) is 0 Å². The average molecular weight is 145 g/mol. The molecule has 0 aromatic heterocycles. The van der Waals surface area contributed by atoms with E-state index in [9.17, 15) is 0 Å². The molecule has 1 heteroatoms. The van der Waals surface area contributed by atoms with Crippen molar-refractivity contribution in [3.63, 3.8) is 0 Å². The zero-order valence-electron chi connectivity index (χ0n) is 4.28. The Labute approximate surface area is 53.4 Å². The molecule has 0 aliphatic carbocycles. The van der Waals surface area contributed by atoms with Crippen LogP contribution in [0.1, 0.15) is 27.2 Å². The first-order valence-electron chi connectivity index (χ1n) is 2.27. The van der Waals surface area contributed by atoms with E-state index in [-0.39, 0.29) is 19.8 Å². The molecular formula is C5H15Ga. The van der Waals surface area contributed by atoms with Crippen LogP contribution >= 0.6 is 0 Å². The van der Waals surface area contributed by atoms with Crippen LogP contribution in [0.25, 0.3) is 0 Å². The van der Waals surface area contributed by atoms with Gasteiger partial charge in [0.2, 0.25) is 0 Å². The summed E-state index contributed by atoms with van der Waals surface area (Å²) in [6, 6.07) is 0. The molecule has 0 radical (unpaired) electrons. The third-order valence-corrected chi connectivity index (χ3v) is 0.816. The van der Waals surface area contributed by atoms with E-state index in [2.05, 4.69) is 20.8 Å². The van der Waals surface area contributed by atoms with E-state index in [0.717, 1.165) is 5.92 Å². The topological polar surface area (TPSA) is 0 Å². The Kier molecular flexibility index (Phi) is 9.21. The fourth-order valence-corrected chi connectivity index (χ4v) is 0. The third kappa shape index (κ3) is 8.82. The first-order chi connectivity index (χ1) is 2.27. The molecule has 0 spiro atoms. The summed E-state index contributed by atoms with van der Waals surface area (Å²) in [4.78, 5) is 0. The summed E-state index contributed by atoms with van der Waals surface area (Å²) in [5, 5.41) is 0. The summed E-state index contributed by atoms with van der Waals surface area (Å²) in [6.07, 6.45) is 1.31. The first-order valence-corrected chi connectivity index (χ1v) is 2.27. The van der Waals surface area contributed by atoms with Gasteiger partial charge in [-0.15, -0.1) is 0 Å². The molecule has 0 atom stereocenters. The van der Waals surface area contributed by atoms with Crippen LogP contribution in [0.5, 0.6) is 0 Å². The molecule has 0 heterocycles. The fourth-order valence-electron chi connectivity index (χ4n) is 0. The maximum absolute atomic E-state index is 2.22. The van der Waals surface area contributed by atoms with Gasteiger partial charge in [-0.1, -0.05) is 27.2 Å². The van der Waals surface area contributed by atoms with Crippen molar-refractivity contribution in [3.05, 3.63) is 0 Å². The molecule has 0 fully saturated rings. The van der Waals surface area contributed by atoms with Crippen LogP contribution in [0, 0.1) is 5.92 Å². The van der Waals surface area contributed by atoms with E-state index >= 15 is 0 Å². The van der Waals surface area contributed by atoms with Gasteiger partial charge in [0.05, 0.1) is 0 Å². The summed E-state index contributed by atoms with van der Waals surface area (Å²) in [7, 11) is 0. The van der Waals surface area contributed by atoms with E-state index in [0.29, 0.717) is 0 Å². The Balaban J connectivity index is 0. The summed E-state index contributed by atoms with van der Waals surface area (Å²) < 4.78 is 0. The standard InChI is InChI=1S/C5H12.Ga.3H/c1-4-5(2)3;;;;/h5H,4H2,1-3H3;;;;. The summed E-state index contributed by atoms with van der Waals surface area (Å²) in [5.41, 5.74) is 0. The second-order valence-corrected chi connectivity index (χ2v) is 1.80. The van der Waals surface area contributed by atoms with Crippen LogP contribution in [-0.2, 0) is 0 Å². The van der Waals surface area contributed by atoms with Crippen molar-refractivity contribution in [1.29, 1.82) is 0 Å². The molecular weight excluding hydrogens is 130 g/mol. The van der Waals surface area contributed by atoms with Crippen LogP contribution in [-0.4, -0.2) is 19.8 Å². The van der Waals surface area contributed by atoms with Gasteiger partial charge in [-0.3, -0.25) is 0 Å². The molecule has 0 saturated carbocycles. The molecule has 0 rings (SSSR count). The summed E-state index contributed by atoms with van der Waals surface area (Å²) in [5.74, 6) is 0.884. The minimum absolute atomic E-state index is 0. The molecule has 0 aliphatic heterocycles. The molecule has 0 aromatic carbocycles. The normalized spacial score (nSPS) is 8.00. The van der Waals surface area contributed by atoms with E-state index in [4.69, 9.17) is 0 Å². The van der Waals surface area contributed by atoms with Gasteiger partial charge in [-0.05, 0) is 5.92 Å². The monoisotopic (exact) mass is 144 g/mol. The van der Waals surface area contributed by atoms with Gasteiger partial charge in [-0.25, -0.2) is 0 Å². The van der Waals surface area contributed by atoms with Crippen molar-refractivity contribution >= 4 is 19.8 Å². The van der Waals surface area contributed by atoms with Crippen molar-refractivity contribution in [2.45, 2.75) is 27.2 Å². The molecule has 0 unspecified atom stereocenters. The number of hydrogen-bond donors (Lipinski definition) is 0. The summed E-state index contributed by atoms with van der Waals surface area (Å²) in [6.45, 7) is 6.64. The van der Waals surface area contributed by atoms with Gasteiger partial charge in [0.25, 0.3) is 0 Å². The van der Waals surface area contributed by atoms with E-state index in [1.807, 2.05) is 0 Å². The Morgan fingerprint density at radius 3 is 1.50 bits per heavy atom. The Morgan fingerprint density at radius 2 is 1.50 bits per heavy atom. The van der Waals surface area contributed by atoms with Gasteiger partial charge in [0, 0.05) is 0 Å². The van der Waals surface area contributed by atoms with Gasteiger partial charge in [0.1, 0.15) is 0 Å². The van der Waals surface area contributed by atoms with E-state index < -0.39 is 0 Å². The van der Waals surface area contributed by atoms with Crippen molar-refractivity contribution in [3.8, 4) is 0 Å². The van der Waals surface area contributed by atoms with Crippen LogP contribution in [0.4, 0.5) is 0 Å². The third-order valence-electron chi connectivity index (χ3n) is 0.816. The first kappa shape index (κ1) is 9.81. The number of rotatable bonds is 1.